The molecule has 1 aromatic heterocycles. The number of sulfonamides is 1. The topological polar surface area (TPSA) is 59.5 Å². The Morgan fingerprint density at radius 3 is 2.48 bits per heavy atom. The van der Waals surface area contributed by atoms with E-state index in [2.05, 4.69) is 4.98 Å². The molecule has 1 heterocycles. The second kappa shape index (κ2) is 7.58. The maximum atomic E-state index is 13.9. The SMILES string of the molecule is COCCN(Cc1ccncc1)S(=O)(=O)c1ccc(F)cc1F. The summed E-state index contributed by atoms with van der Waals surface area (Å²) in [7, 11) is -2.69. The van der Waals surface area contributed by atoms with Crippen LogP contribution in [0.25, 0.3) is 0 Å². The molecular formula is C15H16F2N2O3S. The highest BCUT2D eigenvalue weighted by Crippen LogP contribution is 2.21. The second-order valence-corrected chi connectivity index (χ2v) is 6.67. The molecule has 0 aliphatic heterocycles. The van der Waals surface area contributed by atoms with Crippen molar-refractivity contribution >= 4 is 10.0 Å². The third-order valence-electron chi connectivity index (χ3n) is 3.16. The Morgan fingerprint density at radius 1 is 1.17 bits per heavy atom. The number of methoxy groups -OCH3 is 1. The lowest BCUT2D eigenvalue weighted by Crippen LogP contribution is -2.34. The van der Waals surface area contributed by atoms with Crippen LogP contribution in [0.4, 0.5) is 8.78 Å². The lowest BCUT2D eigenvalue weighted by atomic mass is 10.3. The first-order valence-corrected chi connectivity index (χ1v) is 8.22. The minimum Gasteiger partial charge on any atom is -0.383 e. The van der Waals surface area contributed by atoms with E-state index < -0.39 is 26.6 Å². The third kappa shape index (κ3) is 4.31. The van der Waals surface area contributed by atoms with Crippen molar-refractivity contribution in [2.75, 3.05) is 20.3 Å². The van der Waals surface area contributed by atoms with Crippen LogP contribution in [0.15, 0.2) is 47.6 Å². The molecule has 0 atom stereocenters. The predicted octanol–water partition coefficient (Wildman–Crippen LogP) is 2.20. The summed E-state index contributed by atoms with van der Waals surface area (Å²) in [5.74, 6) is -1.96. The van der Waals surface area contributed by atoms with E-state index in [9.17, 15) is 17.2 Å². The van der Waals surface area contributed by atoms with Crippen molar-refractivity contribution in [3.63, 3.8) is 0 Å². The molecular weight excluding hydrogens is 326 g/mol. The Morgan fingerprint density at radius 2 is 1.87 bits per heavy atom. The molecule has 0 fully saturated rings. The van der Waals surface area contributed by atoms with Gasteiger partial charge in [-0.15, -0.1) is 0 Å². The fraction of sp³-hybridized carbons (Fsp3) is 0.267. The van der Waals surface area contributed by atoms with Crippen molar-refractivity contribution in [1.82, 2.24) is 9.29 Å². The molecule has 0 saturated carbocycles. The van der Waals surface area contributed by atoms with Crippen LogP contribution in [-0.4, -0.2) is 38.0 Å². The van der Waals surface area contributed by atoms with Gasteiger partial charge in [-0.25, -0.2) is 17.2 Å². The molecule has 2 aromatic rings. The smallest absolute Gasteiger partial charge is 0.246 e. The van der Waals surface area contributed by atoms with Gasteiger partial charge in [-0.1, -0.05) is 0 Å². The zero-order valence-corrected chi connectivity index (χ0v) is 13.3. The van der Waals surface area contributed by atoms with E-state index in [0.29, 0.717) is 11.6 Å². The predicted molar refractivity (Wildman–Crippen MR) is 80.1 cm³/mol. The summed E-state index contributed by atoms with van der Waals surface area (Å²) in [5.41, 5.74) is 0.696. The molecule has 0 radical (unpaired) electrons. The normalized spacial score (nSPS) is 11.8. The van der Waals surface area contributed by atoms with Crippen LogP contribution in [-0.2, 0) is 21.3 Å². The molecule has 0 N–H and O–H groups in total. The molecule has 5 nitrogen and oxygen atoms in total. The average Bonchev–Trinajstić information content (AvgIpc) is 2.52. The van der Waals surface area contributed by atoms with Crippen molar-refractivity contribution in [3.05, 3.63) is 59.9 Å². The lowest BCUT2D eigenvalue weighted by molar-refractivity contribution is 0.177. The molecule has 0 spiro atoms. The highest BCUT2D eigenvalue weighted by atomic mass is 32.2. The number of ether oxygens (including phenoxy) is 1. The number of halogens is 2. The van der Waals surface area contributed by atoms with E-state index in [-0.39, 0.29) is 19.7 Å². The first kappa shape index (κ1) is 17.5. The Hall–Kier alpha value is -1.90. The van der Waals surface area contributed by atoms with Crippen LogP contribution in [0.1, 0.15) is 5.56 Å². The summed E-state index contributed by atoms with van der Waals surface area (Å²) in [6.45, 7) is 0.218. The minimum atomic E-state index is -4.13. The summed E-state index contributed by atoms with van der Waals surface area (Å²) >= 11 is 0. The van der Waals surface area contributed by atoms with Crippen LogP contribution < -0.4 is 0 Å². The molecule has 0 unspecified atom stereocenters. The Bertz CT molecular complexity index is 755. The van der Waals surface area contributed by atoms with Crippen LogP contribution >= 0.6 is 0 Å². The first-order valence-electron chi connectivity index (χ1n) is 6.78. The molecule has 0 aliphatic rings. The van der Waals surface area contributed by atoms with Crippen molar-refractivity contribution in [2.24, 2.45) is 0 Å². The van der Waals surface area contributed by atoms with Gasteiger partial charge in [-0.2, -0.15) is 4.31 Å². The van der Waals surface area contributed by atoms with Crippen molar-refractivity contribution < 1.29 is 21.9 Å². The fourth-order valence-electron chi connectivity index (χ4n) is 1.99. The molecule has 124 valence electrons. The van der Waals surface area contributed by atoms with Crippen LogP contribution in [0.5, 0.6) is 0 Å². The van der Waals surface area contributed by atoms with Gasteiger partial charge in [-0.05, 0) is 29.8 Å². The summed E-state index contributed by atoms with van der Waals surface area (Å²) in [6, 6.07) is 5.71. The van der Waals surface area contributed by atoms with E-state index in [1.807, 2.05) is 0 Å². The maximum Gasteiger partial charge on any atom is 0.246 e. The minimum absolute atomic E-state index is 0.0328. The van der Waals surface area contributed by atoms with Crippen molar-refractivity contribution in [2.45, 2.75) is 11.4 Å². The zero-order chi connectivity index (χ0) is 16.9. The van der Waals surface area contributed by atoms with Gasteiger partial charge in [0.25, 0.3) is 0 Å². The molecule has 2 rings (SSSR count). The molecule has 0 aliphatic carbocycles. The summed E-state index contributed by atoms with van der Waals surface area (Å²) in [4.78, 5) is 3.30. The third-order valence-corrected chi connectivity index (χ3v) is 5.04. The number of pyridine rings is 1. The molecule has 0 amide bonds. The van der Waals surface area contributed by atoms with E-state index in [1.54, 1.807) is 12.1 Å². The van der Waals surface area contributed by atoms with Gasteiger partial charge in [0.05, 0.1) is 6.61 Å². The van der Waals surface area contributed by atoms with E-state index >= 15 is 0 Å². The number of hydrogen-bond acceptors (Lipinski definition) is 4. The highest BCUT2D eigenvalue weighted by Gasteiger charge is 2.27. The van der Waals surface area contributed by atoms with Gasteiger partial charge in [-0.3, -0.25) is 4.98 Å². The second-order valence-electron chi connectivity index (χ2n) is 4.76. The lowest BCUT2D eigenvalue weighted by Gasteiger charge is -2.22. The number of nitrogens with zero attached hydrogens (tertiary/aromatic N) is 2. The molecule has 0 saturated heterocycles. The summed E-state index contributed by atoms with van der Waals surface area (Å²) in [6.07, 6.45) is 3.07. The monoisotopic (exact) mass is 342 g/mol. The standard InChI is InChI=1S/C15H16F2N2O3S/c1-22-9-8-19(11-12-4-6-18-7-5-12)23(20,21)15-3-2-13(16)10-14(15)17/h2-7,10H,8-9,11H2,1H3. The van der Waals surface area contributed by atoms with Gasteiger partial charge < -0.3 is 4.74 Å². The van der Waals surface area contributed by atoms with E-state index in [4.69, 9.17) is 4.74 Å². The number of aromatic nitrogens is 1. The Balaban J connectivity index is 2.36. The van der Waals surface area contributed by atoms with Gasteiger partial charge >= 0.3 is 0 Å². The van der Waals surface area contributed by atoms with Crippen molar-refractivity contribution in [3.8, 4) is 0 Å². The number of benzene rings is 1. The van der Waals surface area contributed by atoms with Crippen LogP contribution in [0, 0.1) is 11.6 Å². The Kier molecular flexibility index (Phi) is 5.75. The van der Waals surface area contributed by atoms with Gasteiger partial charge in [0, 0.05) is 38.7 Å². The molecule has 1 aromatic carbocycles. The van der Waals surface area contributed by atoms with Crippen molar-refractivity contribution in [1.29, 1.82) is 0 Å². The first-order chi connectivity index (χ1) is 10.9. The number of rotatable bonds is 7. The molecule has 0 bridgehead atoms. The van der Waals surface area contributed by atoms with E-state index in [0.717, 1.165) is 16.4 Å². The molecule has 23 heavy (non-hydrogen) atoms. The van der Waals surface area contributed by atoms with Gasteiger partial charge in [0.15, 0.2) is 0 Å². The highest BCUT2D eigenvalue weighted by molar-refractivity contribution is 7.89. The summed E-state index contributed by atoms with van der Waals surface area (Å²) < 4.78 is 58.2. The van der Waals surface area contributed by atoms with Gasteiger partial charge in [0.2, 0.25) is 10.0 Å². The average molecular weight is 342 g/mol. The van der Waals surface area contributed by atoms with Crippen LogP contribution in [0.2, 0.25) is 0 Å². The number of hydrogen-bond donors (Lipinski definition) is 0. The molecule has 8 heteroatoms. The fourth-order valence-corrected chi connectivity index (χ4v) is 3.45. The maximum absolute atomic E-state index is 13.9. The summed E-state index contributed by atoms with van der Waals surface area (Å²) in [5, 5.41) is 0. The Labute approximate surface area is 133 Å². The van der Waals surface area contributed by atoms with Gasteiger partial charge in [0.1, 0.15) is 16.5 Å². The zero-order valence-electron chi connectivity index (χ0n) is 12.4. The van der Waals surface area contributed by atoms with Crippen LogP contribution in [0.3, 0.4) is 0 Å². The quantitative estimate of drug-likeness (QED) is 0.774. The largest absolute Gasteiger partial charge is 0.383 e. The van der Waals surface area contributed by atoms with E-state index in [1.165, 1.54) is 19.5 Å².